The summed E-state index contributed by atoms with van der Waals surface area (Å²) in [6.45, 7) is 4.78. The number of benzene rings is 2. The van der Waals surface area contributed by atoms with Gasteiger partial charge in [-0.25, -0.2) is 0 Å². The predicted octanol–water partition coefficient (Wildman–Crippen LogP) is 2.86. The number of hydrogen-bond acceptors (Lipinski definition) is 6. The van der Waals surface area contributed by atoms with Gasteiger partial charge in [0.1, 0.15) is 5.75 Å². The Kier molecular flexibility index (Phi) is 6.54. The van der Waals surface area contributed by atoms with Gasteiger partial charge in [-0.15, -0.1) is 0 Å². The number of piperazine rings is 1. The van der Waals surface area contributed by atoms with Crippen molar-refractivity contribution in [2.24, 2.45) is 5.10 Å². The Morgan fingerprint density at radius 1 is 0.852 bits per heavy atom. The largest absolute Gasteiger partial charge is 0.496 e. The SMILES string of the molecule is COc1cc(OC)c(OC)cc1/C=N\N1CCN(Cc2ccccc2)CC1. The first kappa shape index (κ1) is 19.0. The van der Waals surface area contributed by atoms with Crippen molar-refractivity contribution in [3.63, 3.8) is 0 Å². The number of rotatable bonds is 7. The van der Waals surface area contributed by atoms with E-state index in [0.29, 0.717) is 17.2 Å². The quantitative estimate of drug-likeness (QED) is 0.703. The Labute approximate surface area is 160 Å². The van der Waals surface area contributed by atoms with Gasteiger partial charge in [-0.05, 0) is 11.6 Å². The van der Waals surface area contributed by atoms with Gasteiger partial charge in [0.05, 0.1) is 27.5 Å². The van der Waals surface area contributed by atoms with Crippen LogP contribution in [0.4, 0.5) is 0 Å². The third-order valence-corrected chi connectivity index (χ3v) is 4.69. The van der Waals surface area contributed by atoms with Crippen LogP contribution in [0.25, 0.3) is 0 Å². The van der Waals surface area contributed by atoms with E-state index in [1.54, 1.807) is 21.3 Å². The van der Waals surface area contributed by atoms with Crippen molar-refractivity contribution in [1.29, 1.82) is 0 Å². The van der Waals surface area contributed by atoms with Gasteiger partial charge in [0.15, 0.2) is 11.5 Å². The molecule has 1 aliphatic heterocycles. The molecule has 27 heavy (non-hydrogen) atoms. The lowest BCUT2D eigenvalue weighted by atomic mass is 10.2. The van der Waals surface area contributed by atoms with Crippen LogP contribution in [-0.4, -0.2) is 63.6 Å². The van der Waals surface area contributed by atoms with Gasteiger partial charge in [-0.2, -0.15) is 5.10 Å². The molecule has 0 aliphatic carbocycles. The summed E-state index contributed by atoms with van der Waals surface area (Å²) in [5.74, 6) is 2.01. The number of hydrogen-bond donors (Lipinski definition) is 0. The van der Waals surface area contributed by atoms with Crippen molar-refractivity contribution >= 4 is 6.21 Å². The molecule has 0 saturated carbocycles. The topological polar surface area (TPSA) is 46.5 Å². The Balaban J connectivity index is 1.60. The molecule has 0 spiro atoms. The fourth-order valence-corrected chi connectivity index (χ4v) is 3.15. The average molecular weight is 369 g/mol. The number of hydrazone groups is 1. The summed E-state index contributed by atoms with van der Waals surface area (Å²) in [5, 5.41) is 6.73. The number of ether oxygens (including phenoxy) is 3. The van der Waals surface area contributed by atoms with E-state index in [2.05, 4.69) is 45.3 Å². The first-order valence-electron chi connectivity index (χ1n) is 9.08. The Morgan fingerprint density at radius 2 is 1.48 bits per heavy atom. The maximum atomic E-state index is 5.46. The van der Waals surface area contributed by atoms with Gasteiger partial charge < -0.3 is 14.2 Å². The van der Waals surface area contributed by atoms with Crippen LogP contribution in [0.15, 0.2) is 47.6 Å². The van der Waals surface area contributed by atoms with E-state index in [1.807, 2.05) is 18.3 Å². The Bertz CT molecular complexity index is 757. The molecular formula is C21H27N3O3. The van der Waals surface area contributed by atoms with Crippen LogP contribution in [0.1, 0.15) is 11.1 Å². The molecule has 0 unspecified atom stereocenters. The standard InChI is InChI=1S/C21H27N3O3/c1-25-19-14-21(27-3)20(26-2)13-18(19)15-22-24-11-9-23(10-12-24)16-17-7-5-4-6-8-17/h4-8,13-15H,9-12,16H2,1-3H3/b22-15-. The van der Waals surface area contributed by atoms with Gasteiger partial charge in [0.25, 0.3) is 0 Å². The van der Waals surface area contributed by atoms with Crippen molar-refractivity contribution in [3.05, 3.63) is 53.6 Å². The molecule has 2 aromatic rings. The van der Waals surface area contributed by atoms with Crippen molar-refractivity contribution < 1.29 is 14.2 Å². The lowest BCUT2D eigenvalue weighted by Crippen LogP contribution is -2.43. The third kappa shape index (κ3) is 4.92. The molecular weight excluding hydrogens is 342 g/mol. The van der Waals surface area contributed by atoms with E-state index in [0.717, 1.165) is 38.3 Å². The molecule has 0 atom stereocenters. The molecule has 1 aliphatic rings. The van der Waals surface area contributed by atoms with Crippen molar-refractivity contribution in [2.75, 3.05) is 47.5 Å². The molecule has 0 amide bonds. The minimum Gasteiger partial charge on any atom is -0.496 e. The zero-order valence-corrected chi connectivity index (χ0v) is 16.2. The van der Waals surface area contributed by atoms with Gasteiger partial charge in [0, 0.05) is 44.4 Å². The molecule has 0 bridgehead atoms. The lowest BCUT2D eigenvalue weighted by molar-refractivity contribution is 0.131. The molecule has 144 valence electrons. The van der Waals surface area contributed by atoms with Crippen LogP contribution >= 0.6 is 0 Å². The van der Waals surface area contributed by atoms with Crippen LogP contribution in [-0.2, 0) is 6.54 Å². The van der Waals surface area contributed by atoms with E-state index in [9.17, 15) is 0 Å². The Hall–Kier alpha value is -2.73. The van der Waals surface area contributed by atoms with Crippen LogP contribution in [0.3, 0.4) is 0 Å². The Morgan fingerprint density at radius 3 is 2.11 bits per heavy atom. The minimum absolute atomic E-state index is 0.640. The molecule has 6 nitrogen and oxygen atoms in total. The summed E-state index contributed by atoms with van der Waals surface area (Å²) in [6.07, 6.45) is 1.83. The zero-order valence-electron chi connectivity index (χ0n) is 16.2. The van der Waals surface area contributed by atoms with Crippen LogP contribution in [0.2, 0.25) is 0 Å². The number of nitrogens with zero attached hydrogens (tertiary/aromatic N) is 3. The molecule has 3 rings (SSSR count). The van der Waals surface area contributed by atoms with E-state index in [4.69, 9.17) is 14.2 Å². The maximum absolute atomic E-state index is 5.46. The monoisotopic (exact) mass is 369 g/mol. The fourth-order valence-electron chi connectivity index (χ4n) is 3.15. The molecule has 1 saturated heterocycles. The second-order valence-corrected chi connectivity index (χ2v) is 6.41. The van der Waals surface area contributed by atoms with Gasteiger partial charge in [-0.3, -0.25) is 9.91 Å². The first-order chi connectivity index (χ1) is 13.2. The van der Waals surface area contributed by atoms with E-state index < -0.39 is 0 Å². The summed E-state index contributed by atoms with van der Waals surface area (Å²) in [5.41, 5.74) is 2.21. The number of methoxy groups -OCH3 is 3. The third-order valence-electron chi connectivity index (χ3n) is 4.69. The molecule has 1 fully saturated rings. The molecule has 2 aromatic carbocycles. The van der Waals surface area contributed by atoms with Crippen LogP contribution < -0.4 is 14.2 Å². The molecule has 0 radical (unpaired) electrons. The molecule has 0 N–H and O–H groups in total. The fraction of sp³-hybridized carbons (Fsp3) is 0.381. The molecule has 1 heterocycles. The van der Waals surface area contributed by atoms with Crippen LogP contribution in [0.5, 0.6) is 17.2 Å². The smallest absolute Gasteiger partial charge is 0.164 e. The average Bonchev–Trinajstić information content (AvgIpc) is 2.73. The highest BCUT2D eigenvalue weighted by Crippen LogP contribution is 2.33. The summed E-state index contributed by atoms with van der Waals surface area (Å²) in [6, 6.07) is 14.3. The summed E-state index contributed by atoms with van der Waals surface area (Å²) in [4.78, 5) is 2.46. The van der Waals surface area contributed by atoms with Crippen molar-refractivity contribution in [3.8, 4) is 17.2 Å². The maximum Gasteiger partial charge on any atom is 0.164 e. The summed E-state index contributed by atoms with van der Waals surface area (Å²) >= 11 is 0. The zero-order chi connectivity index (χ0) is 19.1. The summed E-state index contributed by atoms with van der Waals surface area (Å²) in [7, 11) is 4.87. The second kappa shape index (κ2) is 9.28. The highest BCUT2D eigenvalue weighted by atomic mass is 16.5. The second-order valence-electron chi connectivity index (χ2n) is 6.41. The van der Waals surface area contributed by atoms with E-state index in [-0.39, 0.29) is 0 Å². The van der Waals surface area contributed by atoms with E-state index >= 15 is 0 Å². The first-order valence-corrected chi connectivity index (χ1v) is 9.08. The van der Waals surface area contributed by atoms with Gasteiger partial charge in [-0.1, -0.05) is 30.3 Å². The summed E-state index contributed by atoms with van der Waals surface area (Å²) < 4.78 is 16.2. The molecule has 0 aromatic heterocycles. The van der Waals surface area contributed by atoms with Crippen molar-refractivity contribution in [2.45, 2.75) is 6.54 Å². The van der Waals surface area contributed by atoms with E-state index in [1.165, 1.54) is 5.56 Å². The lowest BCUT2D eigenvalue weighted by Gasteiger charge is -2.33. The highest BCUT2D eigenvalue weighted by Gasteiger charge is 2.16. The van der Waals surface area contributed by atoms with Crippen molar-refractivity contribution in [1.82, 2.24) is 9.91 Å². The van der Waals surface area contributed by atoms with Gasteiger partial charge >= 0.3 is 0 Å². The van der Waals surface area contributed by atoms with Gasteiger partial charge in [0.2, 0.25) is 0 Å². The van der Waals surface area contributed by atoms with Crippen LogP contribution in [0, 0.1) is 0 Å². The minimum atomic E-state index is 0.640. The molecule has 6 heteroatoms. The normalized spacial score (nSPS) is 15.1. The predicted molar refractivity (Wildman–Crippen MR) is 107 cm³/mol. The highest BCUT2D eigenvalue weighted by molar-refractivity contribution is 5.85.